The molecule has 2 aromatic carbocycles. The van der Waals surface area contributed by atoms with Crippen LogP contribution in [0.5, 0.6) is 5.75 Å². The van der Waals surface area contributed by atoms with Crippen molar-refractivity contribution in [3.8, 4) is 5.75 Å². The smallest absolute Gasteiger partial charge is 0.550 e. The summed E-state index contributed by atoms with van der Waals surface area (Å²) in [6, 6.07) is 16.1. The first-order valence-corrected chi connectivity index (χ1v) is 9.51. The van der Waals surface area contributed by atoms with Crippen molar-refractivity contribution in [1.82, 2.24) is 0 Å². The van der Waals surface area contributed by atoms with Gasteiger partial charge in [-0.05, 0) is 42.2 Å². The van der Waals surface area contributed by atoms with Crippen molar-refractivity contribution < 1.29 is 44.2 Å². The van der Waals surface area contributed by atoms with Gasteiger partial charge in [0.25, 0.3) is 0 Å². The van der Waals surface area contributed by atoms with Gasteiger partial charge in [0.1, 0.15) is 12.4 Å². The van der Waals surface area contributed by atoms with E-state index in [4.69, 9.17) is 4.74 Å². The van der Waals surface area contributed by atoms with Crippen LogP contribution in [0.15, 0.2) is 53.4 Å². The Morgan fingerprint density at radius 3 is 2.69 bits per heavy atom. The monoisotopic (exact) mass is 379 g/mol. The van der Waals surface area contributed by atoms with Gasteiger partial charge in [-0.1, -0.05) is 31.2 Å². The fraction of sp³-hybridized carbons (Fsp3) is 0.350. The third-order valence-electron chi connectivity index (χ3n) is 4.32. The van der Waals surface area contributed by atoms with Gasteiger partial charge in [0.15, 0.2) is 0 Å². The SMILES string of the molecule is CC(Cc1ccc(OCCN2CCSc3ccccc32)cc1)C(=O)[O-].[Na+]. The second-order valence-electron chi connectivity index (χ2n) is 6.22. The van der Waals surface area contributed by atoms with Gasteiger partial charge in [0, 0.05) is 23.2 Å². The molecule has 0 fully saturated rings. The Labute approximate surface area is 181 Å². The van der Waals surface area contributed by atoms with E-state index in [2.05, 4.69) is 29.2 Å². The molecule has 1 heterocycles. The number of para-hydroxylation sites is 1. The predicted octanol–water partition coefficient (Wildman–Crippen LogP) is -0.390. The number of hydrogen-bond donors (Lipinski definition) is 0. The Morgan fingerprint density at radius 1 is 1.23 bits per heavy atom. The number of aliphatic carboxylic acids is 1. The number of carboxylic acid groups (broad SMARTS) is 1. The van der Waals surface area contributed by atoms with Crippen molar-refractivity contribution >= 4 is 23.4 Å². The van der Waals surface area contributed by atoms with Crippen molar-refractivity contribution in [2.75, 3.05) is 30.3 Å². The van der Waals surface area contributed by atoms with Crippen LogP contribution in [0.4, 0.5) is 5.69 Å². The average molecular weight is 379 g/mol. The van der Waals surface area contributed by atoms with Crippen molar-refractivity contribution in [3.63, 3.8) is 0 Å². The van der Waals surface area contributed by atoms with Gasteiger partial charge in [-0.25, -0.2) is 0 Å². The van der Waals surface area contributed by atoms with E-state index in [-0.39, 0.29) is 29.6 Å². The molecule has 0 N–H and O–H groups in total. The zero-order valence-corrected chi connectivity index (χ0v) is 18.1. The third kappa shape index (κ3) is 5.68. The fourth-order valence-corrected chi connectivity index (χ4v) is 3.94. The minimum absolute atomic E-state index is 0. The number of carbonyl (C=O) groups excluding carboxylic acids is 1. The molecule has 0 aliphatic carbocycles. The maximum Gasteiger partial charge on any atom is 1.00 e. The van der Waals surface area contributed by atoms with E-state index in [0.29, 0.717) is 13.0 Å². The Morgan fingerprint density at radius 2 is 1.96 bits per heavy atom. The number of thioether (sulfide) groups is 1. The molecule has 0 bridgehead atoms. The minimum Gasteiger partial charge on any atom is -0.550 e. The van der Waals surface area contributed by atoms with E-state index in [0.717, 1.165) is 30.2 Å². The number of hydrogen-bond acceptors (Lipinski definition) is 5. The number of anilines is 1. The van der Waals surface area contributed by atoms with Gasteiger partial charge >= 0.3 is 29.6 Å². The minimum atomic E-state index is -1.01. The third-order valence-corrected chi connectivity index (χ3v) is 5.37. The molecule has 0 spiro atoms. The summed E-state index contributed by atoms with van der Waals surface area (Å²) >= 11 is 1.90. The van der Waals surface area contributed by atoms with Crippen molar-refractivity contribution in [1.29, 1.82) is 0 Å². The maximum atomic E-state index is 10.8. The van der Waals surface area contributed by atoms with Gasteiger partial charge in [-0.2, -0.15) is 0 Å². The molecule has 1 aliphatic heterocycles. The summed E-state index contributed by atoms with van der Waals surface area (Å²) in [5, 5.41) is 10.8. The molecule has 0 radical (unpaired) electrons. The normalized spacial score (nSPS) is 14.1. The van der Waals surface area contributed by atoms with Crippen molar-refractivity contribution in [3.05, 3.63) is 54.1 Å². The molecule has 2 aromatic rings. The van der Waals surface area contributed by atoms with Crippen molar-refractivity contribution in [2.24, 2.45) is 5.92 Å². The van der Waals surface area contributed by atoms with Crippen LogP contribution in [0.1, 0.15) is 12.5 Å². The molecule has 3 rings (SSSR count). The van der Waals surface area contributed by atoms with Crippen LogP contribution in [-0.4, -0.2) is 31.4 Å². The van der Waals surface area contributed by atoms with E-state index in [1.807, 2.05) is 36.0 Å². The van der Waals surface area contributed by atoms with E-state index in [1.54, 1.807) is 6.92 Å². The van der Waals surface area contributed by atoms with E-state index in [1.165, 1.54) is 10.6 Å². The van der Waals surface area contributed by atoms with Gasteiger partial charge in [-0.15, -0.1) is 11.8 Å². The molecule has 1 atom stereocenters. The molecule has 0 saturated carbocycles. The average Bonchev–Trinajstić information content (AvgIpc) is 2.63. The molecule has 0 aromatic heterocycles. The number of benzene rings is 2. The first-order valence-electron chi connectivity index (χ1n) is 8.53. The summed E-state index contributed by atoms with van der Waals surface area (Å²) in [4.78, 5) is 14.5. The summed E-state index contributed by atoms with van der Waals surface area (Å²) in [5.74, 6) is 0.413. The molecule has 26 heavy (non-hydrogen) atoms. The zero-order valence-electron chi connectivity index (χ0n) is 15.3. The molecular formula is C20H22NNaO3S. The van der Waals surface area contributed by atoms with Crippen LogP contribution in [0.3, 0.4) is 0 Å². The van der Waals surface area contributed by atoms with E-state index in [9.17, 15) is 9.90 Å². The molecular weight excluding hydrogens is 357 g/mol. The first-order chi connectivity index (χ1) is 12.1. The number of ether oxygens (including phenoxy) is 1. The second-order valence-corrected chi connectivity index (χ2v) is 7.36. The molecule has 1 unspecified atom stereocenters. The molecule has 0 saturated heterocycles. The maximum absolute atomic E-state index is 10.8. The Kier molecular flexibility index (Phi) is 8.35. The second kappa shape index (κ2) is 10.3. The number of carboxylic acids is 1. The van der Waals surface area contributed by atoms with Crippen LogP contribution in [0, 0.1) is 5.92 Å². The molecule has 132 valence electrons. The number of rotatable bonds is 7. The van der Waals surface area contributed by atoms with Gasteiger partial charge < -0.3 is 19.5 Å². The summed E-state index contributed by atoms with van der Waals surface area (Å²) in [5.41, 5.74) is 2.26. The van der Waals surface area contributed by atoms with Gasteiger partial charge in [0.05, 0.1) is 12.2 Å². The van der Waals surface area contributed by atoms with Crippen LogP contribution in [0.25, 0.3) is 0 Å². The topological polar surface area (TPSA) is 52.6 Å². The quantitative estimate of drug-likeness (QED) is 0.614. The standard InChI is InChI=1S/C20H23NO3S.Na/c1-15(20(22)23)14-16-6-8-17(9-7-16)24-12-10-21-11-13-25-19-5-3-2-4-18(19)21;/h2-9,15H,10-14H2,1H3,(H,22,23);/q;+1/p-1. The summed E-state index contributed by atoms with van der Waals surface area (Å²) in [6.07, 6.45) is 0.477. The number of carbonyl (C=O) groups is 1. The predicted molar refractivity (Wildman–Crippen MR) is 99.2 cm³/mol. The number of fused-ring (bicyclic) bond motifs is 1. The molecule has 4 nitrogen and oxygen atoms in total. The fourth-order valence-electron chi connectivity index (χ4n) is 2.89. The van der Waals surface area contributed by atoms with Gasteiger partial charge in [0.2, 0.25) is 0 Å². The molecule has 6 heteroatoms. The van der Waals surface area contributed by atoms with E-state index < -0.39 is 11.9 Å². The Hall–Kier alpha value is -1.14. The number of nitrogens with zero attached hydrogens (tertiary/aromatic N) is 1. The van der Waals surface area contributed by atoms with Gasteiger partial charge in [-0.3, -0.25) is 0 Å². The summed E-state index contributed by atoms with van der Waals surface area (Å²) < 4.78 is 5.85. The largest absolute Gasteiger partial charge is 1.00 e. The zero-order chi connectivity index (χ0) is 17.6. The summed E-state index contributed by atoms with van der Waals surface area (Å²) in [6.45, 7) is 4.16. The van der Waals surface area contributed by atoms with E-state index >= 15 is 0 Å². The van der Waals surface area contributed by atoms with Crippen LogP contribution in [-0.2, 0) is 11.2 Å². The first kappa shape index (κ1) is 21.2. The summed E-state index contributed by atoms with van der Waals surface area (Å²) in [7, 11) is 0. The molecule has 0 amide bonds. The van der Waals surface area contributed by atoms with Crippen LogP contribution < -0.4 is 44.3 Å². The Bertz CT molecular complexity index is 723. The van der Waals surface area contributed by atoms with Crippen LogP contribution in [0.2, 0.25) is 0 Å². The Balaban J connectivity index is 0.00000243. The van der Waals surface area contributed by atoms with Crippen LogP contribution >= 0.6 is 11.8 Å². The molecule has 1 aliphatic rings. The van der Waals surface area contributed by atoms with Crippen molar-refractivity contribution in [2.45, 2.75) is 18.2 Å².